The standard InChI is InChI=1S/C14H17N3O/c1-2-13(17-7-5-16-6-8-17)12-9-11(10-15)3-4-14(12)18/h2-4,9,13,16,18H,1,5-8H2/t13-/m0/s1. The second kappa shape index (κ2) is 5.67. The molecule has 0 radical (unpaired) electrons. The fraction of sp³-hybridized carbons (Fsp3) is 0.357. The molecular formula is C14H17N3O. The van der Waals surface area contributed by atoms with Crippen molar-refractivity contribution in [1.82, 2.24) is 10.2 Å². The van der Waals surface area contributed by atoms with Crippen LogP contribution in [0.3, 0.4) is 0 Å². The summed E-state index contributed by atoms with van der Waals surface area (Å²) in [5.41, 5.74) is 1.32. The molecule has 0 aliphatic carbocycles. The van der Waals surface area contributed by atoms with Crippen LogP contribution in [0.1, 0.15) is 17.2 Å². The predicted octanol–water partition coefficient (Wildman–Crippen LogP) is 1.40. The van der Waals surface area contributed by atoms with Gasteiger partial charge in [0, 0.05) is 31.7 Å². The van der Waals surface area contributed by atoms with Crippen LogP contribution in [0.15, 0.2) is 30.9 Å². The van der Waals surface area contributed by atoms with Crippen molar-refractivity contribution in [1.29, 1.82) is 5.26 Å². The van der Waals surface area contributed by atoms with Gasteiger partial charge < -0.3 is 10.4 Å². The highest BCUT2D eigenvalue weighted by molar-refractivity contribution is 5.44. The molecule has 1 aliphatic rings. The second-order valence-corrected chi connectivity index (χ2v) is 4.35. The normalized spacial score (nSPS) is 17.9. The van der Waals surface area contributed by atoms with Gasteiger partial charge >= 0.3 is 0 Å². The Morgan fingerprint density at radius 3 is 2.78 bits per heavy atom. The van der Waals surface area contributed by atoms with Gasteiger partial charge in [0.05, 0.1) is 17.7 Å². The summed E-state index contributed by atoms with van der Waals surface area (Å²) in [6.07, 6.45) is 1.82. The van der Waals surface area contributed by atoms with Gasteiger partial charge in [-0.1, -0.05) is 6.08 Å². The van der Waals surface area contributed by atoms with Gasteiger partial charge in [-0.3, -0.25) is 4.90 Å². The summed E-state index contributed by atoms with van der Waals surface area (Å²) in [4.78, 5) is 2.25. The topological polar surface area (TPSA) is 59.3 Å². The van der Waals surface area contributed by atoms with Gasteiger partial charge in [-0.2, -0.15) is 5.26 Å². The number of aromatic hydroxyl groups is 1. The van der Waals surface area contributed by atoms with E-state index < -0.39 is 0 Å². The zero-order valence-electron chi connectivity index (χ0n) is 10.3. The van der Waals surface area contributed by atoms with Crippen LogP contribution in [0.5, 0.6) is 5.75 Å². The van der Waals surface area contributed by atoms with E-state index in [0.29, 0.717) is 5.56 Å². The van der Waals surface area contributed by atoms with Gasteiger partial charge in [0.2, 0.25) is 0 Å². The minimum atomic E-state index is -0.0413. The van der Waals surface area contributed by atoms with Gasteiger partial charge in [0.15, 0.2) is 0 Å². The van der Waals surface area contributed by atoms with Crippen molar-refractivity contribution >= 4 is 0 Å². The molecule has 1 aromatic rings. The lowest BCUT2D eigenvalue weighted by molar-refractivity contribution is 0.201. The van der Waals surface area contributed by atoms with Crippen molar-refractivity contribution in [3.8, 4) is 11.8 Å². The molecule has 2 N–H and O–H groups in total. The Hall–Kier alpha value is -1.83. The number of hydrogen-bond acceptors (Lipinski definition) is 4. The number of nitriles is 1. The van der Waals surface area contributed by atoms with Crippen LogP contribution in [-0.2, 0) is 0 Å². The first-order valence-corrected chi connectivity index (χ1v) is 6.06. The van der Waals surface area contributed by atoms with Gasteiger partial charge in [0.25, 0.3) is 0 Å². The zero-order chi connectivity index (χ0) is 13.0. The molecule has 1 fully saturated rings. The highest BCUT2D eigenvalue weighted by Gasteiger charge is 2.22. The van der Waals surface area contributed by atoms with Gasteiger partial charge in [-0.05, 0) is 18.2 Å². The maximum atomic E-state index is 9.96. The largest absolute Gasteiger partial charge is 0.508 e. The van der Waals surface area contributed by atoms with E-state index in [2.05, 4.69) is 22.9 Å². The number of hydrogen-bond donors (Lipinski definition) is 2. The summed E-state index contributed by atoms with van der Waals surface area (Å²) < 4.78 is 0. The van der Waals surface area contributed by atoms with Crippen LogP contribution in [0.4, 0.5) is 0 Å². The maximum absolute atomic E-state index is 9.96. The van der Waals surface area contributed by atoms with Crippen LogP contribution in [0.25, 0.3) is 0 Å². The molecule has 4 nitrogen and oxygen atoms in total. The van der Waals surface area contributed by atoms with E-state index >= 15 is 0 Å². The molecule has 0 amide bonds. The lowest BCUT2D eigenvalue weighted by Gasteiger charge is -2.33. The molecule has 1 heterocycles. The van der Waals surface area contributed by atoms with Crippen molar-refractivity contribution in [2.75, 3.05) is 26.2 Å². The van der Waals surface area contributed by atoms with E-state index in [9.17, 15) is 5.11 Å². The molecule has 18 heavy (non-hydrogen) atoms. The number of phenolic OH excluding ortho intramolecular Hbond substituents is 1. The van der Waals surface area contributed by atoms with Crippen molar-refractivity contribution in [3.05, 3.63) is 42.0 Å². The lowest BCUT2D eigenvalue weighted by Crippen LogP contribution is -2.44. The maximum Gasteiger partial charge on any atom is 0.120 e. The Morgan fingerprint density at radius 2 is 2.17 bits per heavy atom. The summed E-state index contributed by atoms with van der Waals surface area (Å²) >= 11 is 0. The summed E-state index contributed by atoms with van der Waals surface area (Å²) in [5.74, 6) is 0.220. The number of phenols is 1. The Bertz CT molecular complexity index is 472. The number of rotatable bonds is 3. The molecule has 1 aliphatic heterocycles. The third-order valence-corrected chi connectivity index (χ3v) is 3.24. The third kappa shape index (κ3) is 2.53. The minimum Gasteiger partial charge on any atom is -0.508 e. The van der Waals surface area contributed by atoms with Crippen LogP contribution in [-0.4, -0.2) is 36.2 Å². The highest BCUT2D eigenvalue weighted by atomic mass is 16.3. The van der Waals surface area contributed by atoms with Crippen molar-refractivity contribution < 1.29 is 5.11 Å². The number of nitrogens with one attached hydrogen (secondary N) is 1. The minimum absolute atomic E-state index is 0.0413. The molecule has 0 spiro atoms. The number of nitrogens with zero attached hydrogens (tertiary/aromatic N) is 2. The average Bonchev–Trinajstić information content (AvgIpc) is 2.43. The predicted molar refractivity (Wildman–Crippen MR) is 70.2 cm³/mol. The van der Waals surface area contributed by atoms with Crippen molar-refractivity contribution in [3.63, 3.8) is 0 Å². The molecule has 94 valence electrons. The van der Waals surface area contributed by atoms with Crippen LogP contribution >= 0.6 is 0 Å². The molecule has 2 rings (SSSR count). The van der Waals surface area contributed by atoms with E-state index in [4.69, 9.17) is 5.26 Å². The van der Waals surface area contributed by atoms with Gasteiger partial charge in [0.1, 0.15) is 5.75 Å². The molecule has 0 saturated carbocycles. The Balaban J connectivity index is 2.31. The van der Waals surface area contributed by atoms with Crippen molar-refractivity contribution in [2.24, 2.45) is 0 Å². The first-order chi connectivity index (χ1) is 8.76. The van der Waals surface area contributed by atoms with Crippen LogP contribution < -0.4 is 5.32 Å². The Labute approximate surface area is 107 Å². The van der Waals surface area contributed by atoms with Crippen molar-refractivity contribution in [2.45, 2.75) is 6.04 Å². The van der Waals surface area contributed by atoms with Crippen LogP contribution in [0.2, 0.25) is 0 Å². The summed E-state index contributed by atoms with van der Waals surface area (Å²) in [6, 6.07) is 7.00. The SMILES string of the molecule is C=C[C@@H](c1cc(C#N)ccc1O)N1CCNCC1. The fourth-order valence-electron chi connectivity index (χ4n) is 2.29. The molecule has 0 aromatic heterocycles. The third-order valence-electron chi connectivity index (χ3n) is 3.24. The first kappa shape index (κ1) is 12.6. The molecule has 0 unspecified atom stereocenters. The Morgan fingerprint density at radius 1 is 1.44 bits per heavy atom. The van der Waals surface area contributed by atoms with E-state index in [0.717, 1.165) is 31.7 Å². The summed E-state index contributed by atoms with van der Waals surface area (Å²) in [5, 5.41) is 22.2. The van der Waals surface area contributed by atoms with Gasteiger partial charge in [-0.25, -0.2) is 0 Å². The summed E-state index contributed by atoms with van der Waals surface area (Å²) in [7, 11) is 0. The summed E-state index contributed by atoms with van der Waals surface area (Å²) in [6.45, 7) is 7.54. The van der Waals surface area contributed by atoms with E-state index in [1.54, 1.807) is 18.2 Å². The highest BCUT2D eigenvalue weighted by Crippen LogP contribution is 2.30. The molecule has 4 heteroatoms. The number of piperazine rings is 1. The first-order valence-electron chi connectivity index (χ1n) is 6.06. The second-order valence-electron chi connectivity index (χ2n) is 4.35. The van der Waals surface area contributed by atoms with E-state index in [1.165, 1.54) is 0 Å². The molecular weight excluding hydrogens is 226 g/mol. The fourth-order valence-corrected chi connectivity index (χ4v) is 2.29. The molecule has 1 aromatic carbocycles. The molecule has 0 bridgehead atoms. The Kier molecular flexibility index (Phi) is 3.98. The molecule has 1 saturated heterocycles. The quantitative estimate of drug-likeness (QED) is 0.788. The molecule has 1 atom stereocenters. The smallest absolute Gasteiger partial charge is 0.120 e. The van der Waals surface area contributed by atoms with Gasteiger partial charge in [-0.15, -0.1) is 6.58 Å². The van der Waals surface area contributed by atoms with Crippen LogP contribution in [0, 0.1) is 11.3 Å². The lowest BCUT2D eigenvalue weighted by atomic mass is 10.0. The number of benzene rings is 1. The average molecular weight is 243 g/mol. The zero-order valence-corrected chi connectivity index (χ0v) is 10.3. The monoisotopic (exact) mass is 243 g/mol. The van der Waals surface area contributed by atoms with E-state index in [-0.39, 0.29) is 11.8 Å². The van der Waals surface area contributed by atoms with E-state index in [1.807, 2.05) is 6.08 Å².